The second kappa shape index (κ2) is 9.04. The maximum absolute atomic E-state index is 12.9. The Bertz CT molecular complexity index is 1120. The zero-order valence-corrected chi connectivity index (χ0v) is 19.9. The van der Waals surface area contributed by atoms with E-state index in [0.29, 0.717) is 23.8 Å². The third kappa shape index (κ3) is 4.50. The monoisotopic (exact) mass is 458 g/mol. The number of rotatable bonds is 5. The number of hydrogen-bond donors (Lipinski definition) is 0. The number of aryl methyl sites for hydroxylation is 3. The number of amides is 1. The molecule has 7 nitrogen and oxygen atoms in total. The van der Waals surface area contributed by atoms with Gasteiger partial charge in [-0.15, -0.1) is 5.10 Å². The highest BCUT2D eigenvalue weighted by Gasteiger charge is 2.23. The first-order valence-corrected chi connectivity index (χ1v) is 12.0. The molecule has 0 N–H and O–H groups in total. The van der Waals surface area contributed by atoms with Crippen molar-refractivity contribution >= 4 is 40.7 Å². The highest BCUT2D eigenvalue weighted by atomic mass is 35.5. The molecule has 4 rings (SSSR count). The SMILES string of the molecule is CSc1nc2nc(C)c(CCC(=O)N3CCN(c4cc(Cl)ccc4C)CC3)c(C)n2n1. The fraction of sp³-hybridized carbons (Fsp3) is 0.455. The molecule has 3 heterocycles. The molecule has 1 aliphatic heterocycles. The van der Waals surface area contributed by atoms with Gasteiger partial charge in [0, 0.05) is 54.7 Å². The fourth-order valence-corrected chi connectivity index (χ4v) is 4.65. The Hall–Kier alpha value is -2.32. The van der Waals surface area contributed by atoms with Crippen LogP contribution in [-0.4, -0.2) is 62.8 Å². The molecule has 1 aliphatic rings. The number of nitrogens with zero attached hydrogens (tertiary/aromatic N) is 6. The smallest absolute Gasteiger partial charge is 0.253 e. The second-order valence-electron chi connectivity index (χ2n) is 7.87. The summed E-state index contributed by atoms with van der Waals surface area (Å²) in [5, 5.41) is 5.94. The number of hydrogen-bond acceptors (Lipinski definition) is 6. The number of fused-ring (bicyclic) bond motifs is 1. The molecule has 1 saturated heterocycles. The first-order chi connectivity index (χ1) is 14.9. The summed E-state index contributed by atoms with van der Waals surface area (Å²) in [6.45, 7) is 9.17. The van der Waals surface area contributed by atoms with E-state index in [0.717, 1.165) is 53.8 Å². The van der Waals surface area contributed by atoms with Gasteiger partial charge in [0.2, 0.25) is 11.1 Å². The molecule has 0 aliphatic carbocycles. The molecule has 164 valence electrons. The van der Waals surface area contributed by atoms with E-state index in [1.807, 2.05) is 43.2 Å². The Morgan fingerprint density at radius 1 is 1.13 bits per heavy atom. The van der Waals surface area contributed by atoms with Crippen LogP contribution in [0.5, 0.6) is 0 Å². The topological polar surface area (TPSA) is 66.6 Å². The predicted molar refractivity (Wildman–Crippen MR) is 125 cm³/mol. The highest BCUT2D eigenvalue weighted by Crippen LogP contribution is 2.25. The van der Waals surface area contributed by atoms with Crippen LogP contribution >= 0.6 is 23.4 Å². The van der Waals surface area contributed by atoms with Crippen molar-refractivity contribution in [3.05, 3.63) is 45.7 Å². The maximum atomic E-state index is 12.9. The fourth-order valence-electron chi connectivity index (χ4n) is 4.15. The number of benzene rings is 1. The van der Waals surface area contributed by atoms with Gasteiger partial charge in [-0.2, -0.15) is 4.98 Å². The van der Waals surface area contributed by atoms with E-state index in [1.54, 1.807) is 4.52 Å². The van der Waals surface area contributed by atoms with E-state index in [2.05, 4.69) is 26.9 Å². The molecule has 0 atom stereocenters. The lowest BCUT2D eigenvalue weighted by atomic mass is 10.1. The minimum absolute atomic E-state index is 0.185. The Morgan fingerprint density at radius 2 is 1.87 bits per heavy atom. The summed E-state index contributed by atoms with van der Waals surface area (Å²) in [7, 11) is 0. The molecule has 0 spiro atoms. The minimum Gasteiger partial charge on any atom is -0.368 e. The molecular weight excluding hydrogens is 432 g/mol. The molecule has 0 unspecified atom stereocenters. The van der Waals surface area contributed by atoms with Gasteiger partial charge in [-0.1, -0.05) is 29.4 Å². The van der Waals surface area contributed by atoms with Gasteiger partial charge in [0.25, 0.3) is 5.78 Å². The lowest BCUT2D eigenvalue weighted by molar-refractivity contribution is -0.131. The number of piperazine rings is 1. The standard InChI is InChI=1S/C22H27ClN6OS/c1-14-5-6-17(23)13-19(14)27-9-11-28(12-10-27)20(30)8-7-18-15(2)24-21-25-22(31-4)26-29(21)16(18)3/h5-6,13H,7-12H2,1-4H3. The van der Waals surface area contributed by atoms with Gasteiger partial charge in [0.05, 0.1) is 0 Å². The average Bonchev–Trinajstić information content (AvgIpc) is 3.18. The summed E-state index contributed by atoms with van der Waals surface area (Å²) >= 11 is 7.68. The van der Waals surface area contributed by atoms with Crippen LogP contribution in [0.4, 0.5) is 5.69 Å². The largest absolute Gasteiger partial charge is 0.368 e. The number of anilines is 1. The van der Waals surface area contributed by atoms with E-state index in [9.17, 15) is 4.79 Å². The second-order valence-corrected chi connectivity index (χ2v) is 9.08. The van der Waals surface area contributed by atoms with Gasteiger partial charge >= 0.3 is 0 Å². The Kier molecular flexibility index (Phi) is 6.39. The van der Waals surface area contributed by atoms with Crippen molar-refractivity contribution in [3.8, 4) is 0 Å². The van der Waals surface area contributed by atoms with Crippen molar-refractivity contribution in [2.45, 2.75) is 38.8 Å². The van der Waals surface area contributed by atoms with Gasteiger partial charge in [-0.05, 0) is 56.7 Å². The van der Waals surface area contributed by atoms with Crippen LogP contribution in [0.2, 0.25) is 5.02 Å². The molecular formula is C22H27ClN6OS. The Morgan fingerprint density at radius 3 is 2.58 bits per heavy atom. The summed E-state index contributed by atoms with van der Waals surface area (Å²) in [5.41, 5.74) is 5.36. The normalized spacial score (nSPS) is 14.5. The zero-order chi connectivity index (χ0) is 22.1. The van der Waals surface area contributed by atoms with Crippen LogP contribution < -0.4 is 4.90 Å². The average molecular weight is 459 g/mol. The summed E-state index contributed by atoms with van der Waals surface area (Å²) in [6, 6.07) is 5.97. The third-order valence-corrected chi connectivity index (χ3v) is 6.72. The molecule has 9 heteroatoms. The summed E-state index contributed by atoms with van der Waals surface area (Å²) < 4.78 is 1.78. The van der Waals surface area contributed by atoms with Crippen molar-refractivity contribution in [2.75, 3.05) is 37.3 Å². The van der Waals surface area contributed by atoms with Crippen LogP contribution in [0.3, 0.4) is 0 Å². The van der Waals surface area contributed by atoms with E-state index >= 15 is 0 Å². The number of carbonyl (C=O) groups is 1. The first kappa shape index (κ1) is 21.9. The van der Waals surface area contributed by atoms with Gasteiger partial charge in [0.1, 0.15) is 0 Å². The Balaban J connectivity index is 1.39. The minimum atomic E-state index is 0.185. The van der Waals surface area contributed by atoms with E-state index in [4.69, 9.17) is 11.6 Å². The molecule has 1 aromatic carbocycles. The van der Waals surface area contributed by atoms with E-state index < -0.39 is 0 Å². The molecule has 0 radical (unpaired) electrons. The van der Waals surface area contributed by atoms with E-state index in [1.165, 1.54) is 17.3 Å². The van der Waals surface area contributed by atoms with Crippen molar-refractivity contribution in [1.82, 2.24) is 24.5 Å². The third-order valence-electron chi connectivity index (χ3n) is 5.95. The van der Waals surface area contributed by atoms with Gasteiger partial charge in [0.15, 0.2) is 0 Å². The van der Waals surface area contributed by atoms with Crippen molar-refractivity contribution in [1.29, 1.82) is 0 Å². The molecule has 2 aromatic heterocycles. The molecule has 0 bridgehead atoms. The van der Waals surface area contributed by atoms with Crippen LogP contribution in [0.1, 0.15) is 28.9 Å². The quantitative estimate of drug-likeness (QED) is 0.543. The number of carbonyl (C=O) groups excluding carboxylic acids is 1. The summed E-state index contributed by atoms with van der Waals surface area (Å²) in [5.74, 6) is 0.798. The van der Waals surface area contributed by atoms with Gasteiger partial charge in [-0.3, -0.25) is 4.79 Å². The van der Waals surface area contributed by atoms with Crippen LogP contribution in [0.15, 0.2) is 23.4 Å². The zero-order valence-electron chi connectivity index (χ0n) is 18.4. The number of halogens is 1. The van der Waals surface area contributed by atoms with Crippen LogP contribution in [0, 0.1) is 20.8 Å². The molecule has 3 aromatic rings. The lowest BCUT2D eigenvalue weighted by Gasteiger charge is -2.37. The molecule has 0 saturated carbocycles. The predicted octanol–water partition coefficient (Wildman–Crippen LogP) is 3.71. The summed E-state index contributed by atoms with van der Waals surface area (Å²) in [4.78, 5) is 26.2. The molecule has 1 amide bonds. The van der Waals surface area contributed by atoms with Gasteiger partial charge < -0.3 is 9.80 Å². The van der Waals surface area contributed by atoms with Crippen molar-refractivity contribution in [2.24, 2.45) is 0 Å². The lowest BCUT2D eigenvalue weighted by Crippen LogP contribution is -2.49. The van der Waals surface area contributed by atoms with Crippen LogP contribution in [-0.2, 0) is 11.2 Å². The molecule has 1 fully saturated rings. The first-order valence-electron chi connectivity index (χ1n) is 10.4. The van der Waals surface area contributed by atoms with Crippen molar-refractivity contribution < 1.29 is 4.79 Å². The van der Waals surface area contributed by atoms with Crippen LogP contribution in [0.25, 0.3) is 5.78 Å². The number of thioether (sulfide) groups is 1. The van der Waals surface area contributed by atoms with Gasteiger partial charge in [-0.25, -0.2) is 9.50 Å². The summed E-state index contributed by atoms with van der Waals surface area (Å²) in [6.07, 6.45) is 3.07. The van der Waals surface area contributed by atoms with Crippen molar-refractivity contribution in [3.63, 3.8) is 0 Å². The molecule has 31 heavy (non-hydrogen) atoms. The number of aromatic nitrogens is 4. The Labute approximate surface area is 191 Å². The van der Waals surface area contributed by atoms with E-state index in [-0.39, 0.29) is 5.91 Å². The maximum Gasteiger partial charge on any atom is 0.253 e. The highest BCUT2D eigenvalue weighted by molar-refractivity contribution is 7.98.